The summed E-state index contributed by atoms with van der Waals surface area (Å²) in [5, 5.41) is 7.32. The Morgan fingerprint density at radius 1 is 1.17 bits per heavy atom. The smallest absolute Gasteiger partial charge is 0.410 e. The van der Waals surface area contributed by atoms with Crippen molar-refractivity contribution in [2.24, 2.45) is 0 Å². The molecule has 0 unspecified atom stereocenters. The summed E-state index contributed by atoms with van der Waals surface area (Å²) in [6, 6.07) is 9.57. The minimum Gasteiger partial charge on any atom is -0.444 e. The Morgan fingerprint density at radius 2 is 1.65 bits per heavy atom. The van der Waals surface area contributed by atoms with Crippen molar-refractivity contribution in [1.82, 2.24) is 4.90 Å². The first-order chi connectivity index (χ1) is 10.8. The number of nitriles is 1. The van der Waals surface area contributed by atoms with Gasteiger partial charge < -0.3 is 20.3 Å². The maximum absolute atomic E-state index is 12.0. The molecule has 0 aromatic heterocycles. The lowest BCUT2D eigenvalue weighted by atomic mass is 10.2. The average molecular weight is 318 g/mol. The molecule has 126 valence electrons. The summed E-state index contributed by atoms with van der Waals surface area (Å²) >= 11 is 0. The first-order valence-corrected chi connectivity index (χ1v) is 7.66. The van der Waals surface area contributed by atoms with E-state index in [9.17, 15) is 4.79 Å². The molecule has 0 radical (unpaired) electrons. The van der Waals surface area contributed by atoms with Crippen molar-refractivity contribution in [3.8, 4) is 6.07 Å². The summed E-state index contributed by atoms with van der Waals surface area (Å²) in [4.78, 5) is 16.0. The number of nitrogens with two attached hydrogens (primary N) is 1. The first kappa shape index (κ1) is 18.6. The molecule has 1 aliphatic heterocycles. The summed E-state index contributed by atoms with van der Waals surface area (Å²) in [5.74, 6) is 0. The van der Waals surface area contributed by atoms with Gasteiger partial charge >= 0.3 is 6.09 Å². The van der Waals surface area contributed by atoms with Crippen LogP contribution in [0.5, 0.6) is 0 Å². The zero-order valence-corrected chi connectivity index (χ0v) is 14.4. The van der Waals surface area contributed by atoms with Gasteiger partial charge in [0.1, 0.15) is 5.60 Å². The van der Waals surface area contributed by atoms with Gasteiger partial charge in [0.25, 0.3) is 0 Å². The van der Waals surface area contributed by atoms with Gasteiger partial charge in [0.15, 0.2) is 0 Å². The van der Waals surface area contributed by atoms with Gasteiger partial charge in [0.2, 0.25) is 0 Å². The second-order valence-electron chi connectivity index (χ2n) is 6.27. The molecule has 6 nitrogen and oxygen atoms in total. The lowest BCUT2D eigenvalue weighted by molar-refractivity contribution is 0.0240. The number of anilines is 2. The van der Waals surface area contributed by atoms with Crippen LogP contribution in [0.2, 0.25) is 0 Å². The molecule has 0 saturated carbocycles. The number of benzene rings is 1. The third-order valence-electron chi connectivity index (χ3n) is 3.19. The molecule has 1 aliphatic rings. The van der Waals surface area contributed by atoms with E-state index in [4.69, 9.17) is 15.7 Å². The minimum absolute atomic E-state index is 0.227. The van der Waals surface area contributed by atoms with Crippen LogP contribution in [0.3, 0.4) is 0 Å². The van der Waals surface area contributed by atoms with Crippen molar-refractivity contribution >= 4 is 17.5 Å². The van der Waals surface area contributed by atoms with Crippen LogP contribution >= 0.6 is 0 Å². The Morgan fingerprint density at radius 3 is 2.09 bits per heavy atom. The summed E-state index contributed by atoms with van der Waals surface area (Å²) in [6.07, 6.45) is -0.227. The molecule has 1 amide bonds. The number of amides is 1. The van der Waals surface area contributed by atoms with E-state index in [1.54, 1.807) is 11.0 Å². The van der Waals surface area contributed by atoms with Gasteiger partial charge in [-0.25, -0.2) is 4.79 Å². The molecule has 2 N–H and O–H groups in total. The zero-order chi connectivity index (χ0) is 17.5. The van der Waals surface area contributed by atoms with E-state index in [1.807, 2.05) is 45.0 Å². The van der Waals surface area contributed by atoms with Crippen molar-refractivity contribution in [3.63, 3.8) is 0 Å². The predicted octanol–water partition coefficient (Wildman–Crippen LogP) is 2.86. The summed E-state index contributed by atoms with van der Waals surface area (Å²) in [5.41, 5.74) is 7.16. The standard InChI is InChI=1S/C15H23N3O2.C2H3N/c1-15(2,3)20-14(19)18-10-8-17(9-11-18)13-6-4-12(16)5-7-13;1-2-3/h4-7H,8-11,16H2,1-3H3;1H3. The van der Waals surface area contributed by atoms with Crippen LogP contribution < -0.4 is 10.6 Å². The fourth-order valence-electron chi connectivity index (χ4n) is 2.16. The van der Waals surface area contributed by atoms with Gasteiger partial charge in [-0.15, -0.1) is 0 Å². The number of ether oxygens (including phenoxy) is 1. The van der Waals surface area contributed by atoms with Crippen LogP contribution in [-0.2, 0) is 4.74 Å². The molecule has 1 aromatic carbocycles. The number of piperazine rings is 1. The van der Waals surface area contributed by atoms with E-state index in [-0.39, 0.29) is 6.09 Å². The highest BCUT2D eigenvalue weighted by Crippen LogP contribution is 2.19. The molecule has 6 heteroatoms. The monoisotopic (exact) mass is 318 g/mol. The molecule has 0 aliphatic carbocycles. The Kier molecular flexibility index (Phi) is 6.70. The number of nitrogens with zero attached hydrogens (tertiary/aromatic N) is 3. The van der Waals surface area contributed by atoms with Crippen LogP contribution in [0.15, 0.2) is 24.3 Å². The zero-order valence-electron chi connectivity index (χ0n) is 14.4. The highest BCUT2D eigenvalue weighted by Gasteiger charge is 2.25. The topological polar surface area (TPSA) is 82.6 Å². The van der Waals surface area contributed by atoms with Crippen molar-refractivity contribution in [1.29, 1.82) is 5.26 Å². The number of hydrogen-bond donors (Lipinski definition) is 1. The average Bonchev–Trinajstić information content (AvgIpc) is 2.47. The van der Waals surface area contributed by atoms with Gasteiger partial charge in [-0.1, -0.05) is 0 Å². The Balaban J connectivity index is 0.000000816. The van der Waals surface area contributed by atoms with Crippen molar-refractivity contribution in [2.45, 2.75) is 33.3 Å². The van der Waals surface area contributed by atoms with E-state index in [2.05, 4.69) is 4.90 Å². The number of nitrogen functional groups attached to an aromatic ring is 1. The van der Waals surface area contributed by atoms with Crippen molar-refractivity contribution in [3.05, 3.63) is 24.3 Å². The Hall–Kier alpha value is -2.42. The van der Waals surface area contributed by atoms with Gasteiger partial charge in [-0.3, -0.25) is 0 Å². The van der Waals surface area contributed by atoms with Crippen molar-refractivity contribution < 1.29 is 9.53 Å². The van der Waals surface area contributed by atoms with E-state index in [0.717, 1.165) is 24.5 Å². The molecule has 2 rings (SSSR count). The lowest BCUT2D eigenvalue weighted by Crippen LogP contribution is -2.50. The molecule has 1 fully saturated rings. The molecule has 1 saturated heterocycles. The minimum atomic E-state index is -0.439. The highest BCUT2D eigenvalue weighted by atomic mass is 16.6. The van der Waals surface area contributed by atoms with Crippen LogP contribution in [0.4, 0.5) is 16.2 Å². The van der Waals surface area contributed by atoms with Crippen LogP contribution in [-0.4, -0.2) is 42.8 Å². The number of hydrogen-bond acceptors (Lipinski definition) is 5. The van der Waals surface area contributed by atoms with E-state index in [1.165, 1.54) is 6.92 Å². The lowest BCUT2D eigenvalue weighted by Gasteiger charge is -2.36. The molecule has 1 aromatic rings. The second kappa shape index (κ2) is 8.28. The van der Waals surface area contributed by atoms with Gasteiger partial charge in [0, 0.05) is 44.5 Å². The van der Waals surface area contributed by atoms with Crippen LogP contribution in [0, 0.1) is 11.3 Å². The molecule has 0 bridgehead atoms. The third-order valence-corrected chi connectivity index (χ3v) is 3.19. The largest absolute Gasteiger partial charge is 0.444 e. The quantitative estimate of drug-likeness (QED) is 0.805. The molecule has 23 heavy (non-hydrogen) atoms. The second-order valence-corrected chi connectivity index (χ2v) is 6.27. The van der Waals surface area contributed by atoms with E-state index in [0.29, 0.717) is 13.1 Å². The maximum atomic E-state index is 12.0. The number of rotatable bonds is 1. The molecule has 0 atom stereocenters. The molecule has 1 heterocycles. The van der Waals surface area contributed by atoms with Gasteiger partial charge in [-0.2, -0.15) is 5.26 Å². The Bertz CT molecular complexity index is 535. The number of carbonyl (C=O) groups is 1. The fourth-order valence-corrected chi connectivity index (χ4v) is 2.16. The maximum Gasteiger partial charge on any atom is 0.410 e. The molecule has 0 spiro atoms. The first-order valence-electron chi connectivity index (χ1n) is 7.66. The molecular formula is C17H26N4O2. The summed E-state index contributed by atoms with van der Waals surface area (Å²) < 4.78 is 5.39. The highest BCUT2D eigenvalue weighted by molar-refractivity contribution is 5.68. The predicted molar refractivity (Wildman–Crippen MR) is 92.2 cm³/mol. The van der Waals surface area contributed by atoms with Crippen LogP contribution in [0.25, 0.3) is 0 Å². The van der Waals surface area contributed by atoms with Gasteiger partial charge in [-0.05, 0) is 45.0 Å². The Labute approximate surface area is 138 Å². The SMILES string of the molecule is CC#N.CC(C)(C)OC(=O)N1CCN(c2ccc(N)cc2)CC1. The normalized spacial score (nSPS) is 14.4. The summed E-state index contributed by atoms with van der Waals surface area (Å²) in [7, 11) is 0. The third kappa shape index (κ3) is 6.47. The van der Waals surface area contributed by atoms with Gasteiger partial charge in [0.05, 0.1) is 6.07 Å². The van der Waals surface area contributed by atoms with Crippen molar-refractivity contribution in [2.75, 3.05) is 36.8 Å². The fraction of sp³-hybridized carbons (Fsp3) is 0.529. The van der Waals surface area contributed by atoms with E-state index < -0.39 is 5.60 Å². The summed E-state index contributed by atoms with van der Waals surface area (Å²) in [6.45, 7) is 10.1. The molecular weight excluding hydrogens is 292 g/mol. The van der Waals surface area contributed by atoms with Crippen LogP contribution in [0.1, 0.15) is 27.7 Å². The number of carbonyl (C=O) groups excluding carboxylic acids is 1. The van der Waals surface area contributed by atoms with E-state index >= 15 is 0 Å².